The highest BCUT2D eigenvalue weighted by Gasteiger charge is 2.29. The van der Waals surface area contributed by atoms with Crippen LogP contribution < -0.4 is 10.2 Å². The second-order valence-electron chi connectivity index (χ2n) is 7.47. The van der Waals surface area contributed by atoms with Crippen LogP contribution in [0.5, 0.6) is 5.75 Å². The van der Waals surface area contributed by atoms with Crippen molar-refractivity contribution >= 4 is 44.5 Å². The molecule has 0 spiro atoms. The molecule has 6 nitrogen and oxygen atoms in total. The molecule has 1 N–H and O–H groups in total. The predicted molar refractivity (Wildman–Crippen MR) is 123 cm³/mol. The number of hydrogen-bond donors (Lipinski definition) is 1. The van der Waals surface area contributed by atoms with E-state index in [1.54, 1.807) is 18.2 Å². The Bertz CT molecular complexity index is 1180. The van der Waals surface area contributed by atoms with Gasteiger partial charge in [0.1, 0.15) is 17.6 Å². The minimum atomic E-state index is -0.766. The smallest absolute Gasteiger partial charge is 0.320 e. The second-order valence-corrected chi connectivity index (χ2v) is 8.79. The molecule has 0 radical (unpaired) electrons. The molecule has 3 aromatic rings. The largest absolute Gasteiger partial charge is 0.493 e. The Kier molecular flexibility index (Phi) is 6.65. The number of halogens is 2. The fourth-order valence-corrected chi connectivity index (χ4v) is 4.47. The molecule has 2 aromatic carbocycles. The molecule has 1 atom stereocenters. The van der Waals surface area contributed by atoms with E-state index in [1.807, 2.05) is 23.1 Å². The summed E-state index contributed by atoms with van der Waals surface area (Å²) < 4.78 is 12.8. The van der Waals surface area contributed by atoms with Crippen molar-refractivity contribution in [3.05, 3.63) is 62.2 Å². The summed E-state index contributed by atoms with van der Waals surface area (Å²) in [4.78, 5) is 25.9. The quantitative estimate of drug-likeness (QED) is 0.444. The number of carboxylic acid groups (broad SMARTS) is 1. The molecule has 1 saturated heterocycles. The van der Waals surface area contributed by atoms with Crippen molar-refractivity contribution in [1.82, 2.24) is 4.90 Å². The molecule has 0 amide bonds. The number of para-hydroxylation sites is 1. The summed E-state index contributed by atoms with van der Waals surface area (Å²) in [6.45, 7) is 1.86. The summed E-state index contributed by atoms with van der Waals surface area (Å²) in [5.74, 6) is 0.177. The maximum Gasteiger partial charge on any atom is 0.320 e. The Morgan fingerprint density at radius 3 is 2.94 bits per heavy atom. The summed E-state index contributed by atoms with van der Waals surface area (Å²) in [5, 5.41) is 10.1. The standard InChI is InChI=1S/C23H21BrClNO5/c24-14-7-8-16(21-13-19(27)15-4-1-5-17(25)22(15)31-21)20(12-14)30-11-3-10-26-9-2-6-18(26)23(28)29/h1,4-5,7-8,12-13,18H,2-3,6,9-11H2,(H,28,29)/t18-/m0/s1. The zero-order valence-electron chi connectivity index (χ0n) is 16.6. The molecule has 0 bridgehead atoms. The Morgan fingerprint density at radius 2 is 2.13 bits per heavy atom. The monoisotopic (exact) mass is 505 g/mol. The molecule has 1 aliphatic rings. The van der Waals surface area contributed by atoms with Crippen molar-refractivity contribution in [3.8, 4) is 17.1 Å². The van der Waals surface area contributed by atoms with E-state index in [1.165, 1.54) is 6.07 Å². The SMILES string of the molecule is O=C(O)[C@@H]1CCCN1CCCOc1cc(Br)ccc1-c1cc(=O)c2cccc(Cl)c2o1. The maximum absolute atomic E-state index is 12.6. The van der Waals surface area contributed by atoms with E-state index >= 15 is 0 Å². The summed E-state index contributed by atoms with van der Waals surface area (Å²) in [7, 11) is 0. The number of fused-ring (bicyclic) bond motifs is 1. The van der Waals surface area contributed by atoms with Gasteiger partial charge in [-0.1, -0.05) is 33.6 Å². The number of benzene rings is 2. The zero-order valence-corrected chi connectivity index (χ0v) is 19.0. The molecule has 0 saturated carbocycles. The average molecular weight is 507 g/mol. The third kappa shape index (κ3) is 4.79. The van der Waals surface area contributed by atoms with Crippen LogP contribution in [0.2, 0.25) is 5.02 Å². The van der Waals surface area contributed by atoms with E-state index < -0.39 is 12.0 Å². The van der Waals surface area contributed by atoms with Crippen molar-refractivity contribution in [2.75, 3.05) is 19.7 Å². The molecule has 8 heteroatoms. The van der Waals surface area contributed by atoms with Gasteiger partial charge < -0.3 is 14.3 Å². The third-order valence-electron chi connectivity index (χ3n) is 5.41. The Balaban J connectivity index is 1.53. The molecule has 1 aliphatic heterocycles. The fourth-order valence-electron chi connectivity index (χ4n) is 3.92. The van der Waals surface area contributed by atoms with Gasteiger partial charge in [0.25, 0.3) is 0 Å². The van der Waals surface area contributed by atoms with Crippen LogP contribution >= 0.6 is 27.5 Å². The number of hydrogen-bond acceptors (Lipinski definition) is 5. The normalized spacial score (nSPS) is 16.6. The van der Waals surface area contributed by atoms with E-state index in [2.05, 4.69) is 15.9 Å². The van der Waals surface area contributed by atoms with Crippen LogP contribution in [0.4, 0.5) is 0 Å². The van der Waals surface area contributed by atoms with Gasteiger partial charge in [0.05, 0.1) is 22.6 Å². The number of carboxylic acids is 1. The minimum Gasteiger partial charge on any atom is -0.493 e. The van der Waals surface area contributed by atoms with Crippen LogP contribution in [0.1, 0.15) is 19.3 Å². The van der Waals surface area contributed by atoms with Crippen molar-refractivity contribution in [2.24, 2.45) is 0 Å². The molecule has 0 aliphatic carbocycles. The van der Waals surface area contributed by atoms with Crippen LogP contribution in [0.15, 0.2) is 56.1 Å². The second kappa shape index (κ2) is 9.42. The van der Waals surface area contributed by atoms with Gasteiger partial charge in [-0.2, -0.15) is 0 Å². The first kappa shape index (κ1) is 21.9. The van der Waals surface area contributed by atoms with Gasteiger partial charge in [-0.25, -0.2) is 0 Å². The minimum absolute atomic E-state index is 0.179. The molecular formula is C23H21BrClNO5. The van der Waals surface area contributed by atoms with Crippen molar-refractivity contribution in [2.45, 2.75) is 25.3 Å². The van der Waals surface area contributed by atoms with E-state index in [0.717, 1.165) is 17.4 Å². The van der Waals surface area contributed by atoms with Crippen LogP contribution in [-0.2, 0) is 4.79 Å². The first-order valence-electron chi connectivity index (χ1n) is 10.1. The number of ether oxygens (including phenoxy) is 1. The summed E-state index contributed by atoms with van der Waals surface area (Å²) in [5.41, 5.74) is 0.808. The lowest BCUT2D eigenvalue weighted by molar-refractivity contribution is -0.142. The number of rotatable bonds is 7. The van der Waals surface area contributed by atoms with Crippen LogP contribution in [0.25, 0.3) is 22.3 Å². The van der Waals surface area contributed by atoms with E-state index in [9.17, 15) is 14.7 Å². The topological polar surface area (TPSA) is 80.0 Å². The average Bonchev–Trinajstić information content (AvgIpc) is 3.21. The van der Waals surface area contributed by atoms with Crippen molar-refractivity contribution in [3.63, 3.8) is 0 Å². The van der Waals surface area contributed by atoms with Crippen LogP contribution in [0.3, 0.4) is 0 Å². The maximum atomic E-state index is 12.6. The molecular weight excluding hydrogens is 486 g/mol. The fraction of sp³-hybridized carbons (Fsp3) is 0.304. The molecule has 4 rings (SSSR count). The van der Waals surface area contributed by atoms with Crippen molar-refractivity contribution < 1.29 is 19.1 Å². The Labute approximate surface area is 192 Å². The number of likely N-dealkylation sites (tertiary alicyclic amines) is 1. The number of nitrogens with zero attached hydrogens (tertiary/aromatic N) is 1. The van der Waals surface area contributed by atoms with Crippen molar-refractivity contribution in [1.29, 1.82) is 0 Å². The molecule has 1 aromatic heterocycles. The van der Waals surface area contributed by atoms with Gasteiger partial charge in [0.2, 0.25) is 0 Å². The Morgan fingerprint density at radius 1 is 1.29 bits per heavy atom. The van der Waals surface area contributed by atoms with E-state index in [0.29, 0.717) is 59.1 Å². The summed E-state index contributed by atoms with van der Waals surface area (Å²) in [6, 6.07) is 11.6. The lowest BCUT2D eigenvalue weighted by atomic mass is 10.1. The van der Waals surface area contributed by atoms with Gasteiger partial charge >= 0.3 is 5.97 Å². The number of aliphatic carboxylic acids is 1. The van der Waals surface area contributed by atoms with Gasteiger partial charge in [-0.15, -0.1) is 0 Å². The van der Waals surface area contributed by atoms with E-state index in [-0.39, 0.29) is 5.43 Å². The number of carbonyl (C=O) groups is 1. The first-order valence-corrected chi connectivity index (χ1v) is 11.2. The summed E-state index contributed by atoms with van der Waals surface area (Å²) >= 11 is 9.69. The zero-order chi connectivity index (χ0) is 22.0. The van der Waals surface area contributed by atoms with Crippen LogP contribution in [-0.4, -0.2) is 41.7 Å². The van der Waals surface area contributed by atoms with Crippen LogP contribution in [0, 0.1) is 0 Å². The first-order chi connectivity index (χ1) is 14.9. The molecule has 2 heterocycles. The van der Waals surface area contributed by atoms with Gasteiger partial charge in [-0.3, -0.25) is 14.5 Å². The lowest BCUT2D eigenvalue weighted by Crippen LogP contribution is -2.36. The third-order valence-corrected chi connectivity index (χ3v) is 6.20. The van der Waals surface area contributed by atoms with Gasteiger partial charge in [0.15, 0.2) is 11.0 Å². The molecule has 31 heavy (non-hydrogen) atoms. The summed E-state index contributed by atoms with van der Waals surface area (Å²) in [6.07, 6.45) is 2.27. The highest BCUT2D eigenvalue weighted by molar-refractivity contribution is 9.10. The molecule has 0 unspecified atom stereocenters. The predicted octanol–water partition coefficient (Wildman–Crippen LogP) is 5.19. The highest BCUT2D eigenvalue weighted by atomic mass is 79.9. The highest BCUT2D eigenvalue weighted by Crippen LogP contribution is 2.34. The lowest BCUT2D eigenvalue weighted by Gasteiger charge is -2.21. The molecule has 162 valence electrons. The van der Waals surface area contributed by atoms with E-state index in [4.69, 9.17) is 20.8 Å². The van der Waals surface area contributed by atoms with Gasteiger partial charge in [0, 0.05) is 17.1 Å². The van der Waals surface area contributed by atoms with Gasteiger partial charge in [-0.05, 0) is 56.1 Å². The molecule has 1 fully saturated rings. The Hall–Kier alpha value is -2.35.